The maximum Gasteiger partial charge on any atom is 0.238 e. The molecule has 1 N–H and O–H groups in total. The van der Waals surface area contributed by atoms with E-state index in [4.69, 9.17) is 14.6 Å². The number of aliphatic hydroxyl groups is 1. The van der Waals surface area contributed by atoms with E-state index in [1.165, 1.54) is 0 Å². The van der Waals surface area contributed by atoms with Crippen molar-refractivity contribution in [2.24, 2.45) is 5.92 Å². The molecule has 2 atom stereocenters. The van der Waals surface area contributed by atoms with Crippen LogP contribution < -0.4 is 0 Å². The highest BCUT2D eigenvalue weighted by molar-refractivity contribution is 5.31. The lowest BCUT2D eigenvalue weighted by Crippen LogP contribution is -2.09. The number of ether oxygens (including phenoxy) is 2. The minimum Gasteiger partial charge on any atom is -0.455 e. The van der Waals surface area contributed by atoms with Crippen molar-refractivity contribution < 1.29 is 14.6 Å². The van der Waals surface area contributed by atoms with Crippen LogP contribution in [-0.2, 0) is 9.47 Å². The largest absolute Gasteiger partial charge is 0.455 e. The fourth-order valence-corrected chi connectivity index (χ4v) is 1.32. The Kier molecular flexibility index (Phi) is 1.39. The van der Waals surface area contributed by atoms with Gasteiger partial charge in [0.15, 0.2) is 11.5 Å². The van der Waals surface area contributed by atoms with Gasteiger partial charge in [-0.1, -0.05) is 6.08 Å². The van der Waals surface area contributed by atoms with Crippen molar-refractivity contribution in [2.75, 3.05) is 6.61 Å². The summed E-state index contributed by atoms with van der Waals surface area (Å²) in [6, 6.07) is 0. The number of hydrogen-bond donors (Lipinski definition) is 1. The molecule has 0 amide bonds. The highest BCUT2D eigenvalue weighted by atomic mass is 16.7. The van der Waals surface area contributed by atoms with Gasteiger partial charge in [0.2, 0.25) is 6.29 Å². The predicted molar refractivity (Wildman–Crippen MR) is 38.4 cm³/mol. The fraction of sp³-hybridized carbons (Fsp3) is 0.500. The molecule has 0 bridgehead atoms. The highest BCUT2D eigenvalue weighted by Crippen LogP contribution is 2.33. The van der Waals surface area contributed by atoms with Crippen molar-refractivity contribution in [1.82, 2.24) is 0 Å². The highest BCUT2D eigenvalue weighted by Gasteiger charge is 2.30. The van der Waals surface area contributed by atoms with E-state index < -0.39 is 0 Å². The monoisotopic (exact) mass is 154 g/mol. The molecular formula is C8H10O3. The normalized spacial score (nSPS) is 33.6. The summed E-state index contributed by atoms with van der Waals surface area (Å²) >= 11 is 0. The van der Waals surface area contributed by atoms with Gasteiger partial charge in [-0.2, -0.15) is 0 Å². The van der Waals surface area contributed by atoms with Gasteiger partial charge in [0.1, 0.15) is 0 Å². The van der Waals surface area contributed by atoms with Crippen molar-refractivity contribution in [2.45, 2.75) is 13.2 Å². The maximum atomic E-state index is 8.88. The van der Waals surface area contributed by atoms with Crippen LogP contribution in [0.3, 0.4) is 0 Å². The van der Waals surface area contributed by atoms with Gasteiger partial charge in [-0.25, -0.2) is 0 Å². The summed E-state index contributed by atoms with van der Waals surface area (Å²) in [6.45, 7) is 1.92. The molecule has 0 saturated carbocycles. The Bertz CT molecular complexity index is 229. The van der Waals surface area contributed by atoms with E-state index in [-0.39, 0.29) is 18.8 Å². The summed E-state index contributed by atoms with van der Waals surface area (Å²) in [5.41, 5.74) is 0. The zero-order chi connectivity index (χ0) is 7.84. The Balaban J connectivity index is 2.19. The summed E-state index contributed by atoms with van der Waals surface area (Å²) in [6.07, 6.45) is 3.54. The lowest BCUT2D eigenvalue weighted by Gasteiger charge is -2.09. The molecule has 0 aromatic heterocycles. The lowest BCUT2D eigenvalue weighted by molar-refractivity contribution is -0.0282. The summed E-state index contributed by atoms with van der Waals surface area (Å²) in [5, 5.41) is 8.88. The van der Waals surface area contributed by atoms with Gasteiger partial charge in [0.25, 0.3) is 0 Å². The second-order valence-corrected chi connectivity index (χ2v) is 2.68. The summed E-state index contributed by atoms with van der Waals surface area (Å²) in [5.74, 6) is 1.56. The molecule has 1 aliphatic heterocycles. The number of aliphatic hydroxyl groups excluding tert-OH is 1. The second kappa shape index (κ2) is 2.27. The predicted octanol–water partition coefficient (Wildman–Crippen LogP) is 0.769. The topological polar surface area (TPSA) is 38.7 Å². The molecule has 3 nitrogen and oxygen atoms in total. The molecule has 2 aliphatic rings. The first kappa shape index (κ1) is 6.73. The van der Waals surface area contributed by atoms with Crippen LogP contribution in [0.1, 0.15) is 6.92 Å². The molecule has 1 aliphatic carbocycles. The average molecular weight is 154 g/mol. The second-order valence-electron chi connectivity index (χ2n) is 2.68. The van der Waals surface area contributed by atoms with Crippen LogP contribution >= 0.6 is 0 Å². The van der Waals surface area contributed by atoms with Gasteiger partial charge in [0.05, 0.1) is 12.5 Å². The Hall–Kier alpha value is -0.960. The summed E-state index contributed by atoms with van der Waals surface area (Å²) in [4.78, 5) is 0. The molecule has 0 aromatic carbocycles. The van der Waals surface area contributed by atoms with Gasteiger partial charge in [-0.05, 0) is 6.08 Å². The van der Waals surface area contributed by atoms with E-state index >= 15 is 0 Å². The van der Waals surface area contributed by atoms with Gasteiger partial charge in [0, 0.05) is 6.92 Å². The molecule has 11 heavy (non-hydrogen) atoms. The Morgan fingerprint density at radius 3 is 3.09 bits per heavy atom. The first-order valence-electron chi connectivity index (χ1n) is 3.68. The van der Waals surface area contributed by atoms with E-state index in [1.54, 1.807) is 0 Å². The first-order valence-corrected chi connectivity index (χ1v) is 3.68. The third kappa shape index (κ3) is 0.922. The van der Waals surface area contributed by atoms with E-state index in [1.807, 2.05) is 19.1 Å². The fourth-order valence-electron chi connectivity index (χ4n) is 1.32. The van der Waals surface area contributed by atoms with Gasteiger partial charge in [-0.15, -0.1) is 0 Å². The molecule has 0 aromatic rings. The third-order valence-corrected chi connectivity index (χ3v) is 1.84. The van der Waals surface area contributed by atoms with E-state index in [0.717, 1.165) is 11.5 Å². The molecule has 0 radical (unpaired) electrons. The van der Waals surface area contributed by atoms with Gasteiger partial charge < -0.3 is 14.6 Å². The van der Waals surface area contributed by atoms with Crippen molar-refractivity contribution in [3.63, 3.8) is 0 Å². The van der Waals surface area contributed by atoms with Crippen molar-refractivity contribution in [3.05, 3.63) is 23.7 Å². The summed E-state index contributed by atoms with van der Waals surface area (Å²) in [7, 11) is 0. The standard InChI is InChI=1S/C8H10O3/c1-5-10-7-3-2-6(4-9)8(7)11-5/h2-3,5-6,9H,4H2,1H3. The van der Waals surface area contributed by atoms with E-state index in [0.29, 0.717) is 0 Å². The molecule has 0 fully saturated rings. The number of allylic oxidation sites excluding steroid dienone is 1. The van der Waals surface area contributed by atoms with E-state index in [2.05, 4.69) is 0 Å². The van der Waals surface area contributed by atoms with Crippen LogP contribution in [0.5, 0.6) is 0 Å². The quantitative estimate of drug-likeness (QED) is 0.606. The number of hydrogen-bond acceptors (Lipinski definition) is 3. The minimum atomic E-state index is -0.195. The zero-order valence-corrected chi connectivity index (χ0v) is 6.28. The van der Waals surface area contributed by atoms with Gasteiger partial charge >= 0.3 is 0 Å². The van der Waals surface area contributed by atoms with E-state index in [9.17, 15) is 0 Å². The van der Waals surface area contributed by atoms with Crippen LogP contribution in [0, 0.1) is 5.92 Å². The maximum absolute atomic E-state index is 8.88. The van der Waals surface area contributed by atoms with Crippen LogP contribution in [0.15, 0.2) is 23.7 Å². The average Bonchev–Trinajstić information content (AvgIpc) is 2.45. The van der Waals surface area contributed by atoms with Crippen molar-refractivity contribution >= 4 is 0 Å². The number of rotatable bonds is 1. The third-order valence-electron chi connectivity index (χ3n) is 1.84. The lowest BCUT2D eigenvalue weighted by atomic mass is 10.2. The zero-order valence-electron chi connectivity index (χ0n) is 6.28. The minimum absolute atomic E-state index is 0.00921. The molecular weight excluding hydrogens is 144 g/mol. The molecule has 3 heteroatoms. The van der Waals surface area contributed by atoms with Crippen LogP contribution in [0.25, 0.3) is 0 Å². The van der Waals surface area contributed by atoms with Crippen LogP contribution in [-0.4, -0.2) is 18.0 Å². The smallest absolute Gasteiger partial charge is 0.238 e. The van der Waals surface area contributed by atoms with Gasteiger partial charge in [-0.3, -0.25) is 0 Å². The molecule has 0 saturated heterocycles. The van der Waals surface area contributed by atoms with Crippen LogP contribution in [0.4, 0.5) is 0 Å². The molecule has 2 unspecified atom stereocenters. The molecule has 2 rings (SSSR count). The van der Waals surface area contributed by atoms with Crippen molar-refractivity contribution in [1.29, 1.82) is 0 Å². The SMILES string of the molecule is CC1OC2=C(O1)C(CO)C=C2. The Labute approximate surface area is 64.9 Å². The van der Waals surface area contributed by atoms with Crippen LogP contribution in [0.2, 0.25) is 0 Å². The summed E-state index contributed by atoms with van der Waals surface area (Å²) < 4.78 is 10.6. The molecule has 0 spiro atoms. The molecule has 60 valence electrons. The Morgan fingerprint density at radius 1 is 1.55 bits per heavy atom. The van der Waals surface area contributed by atoms with Crippen molar-refractivity contribution in [3.8, 4) is 0 Å². The molecule has 1 heterocycles. The Morgan fingerprint density at radius 2 is 2.36 bits per heavy atom. The first-order chi connectivity index (χ1) is 5.31.